The number of amides is 2. The number of benzene rings is 1. The molecule has 1 aromatic rings. The molecule has 0 aliphatic carbocycles. The molecule has 8 heteroatoms. The van der Waals surface area contributed by atoms with E-state index in [1.165, 1.54) is 4.90 Å². The predicted octanol–water partition coefficient (Wildman–Crippen LogP) is 2.90. The van der Waals surface area contributed by atoms with Crippen molar-refractivity contribution < 1.29 is 28.6 Å². The fourth-order valence-corrected chi connectivity index (χ4v) is 3.38. The van der Waals surface area contributed by atoms with Crippen molar-refractivity contribution in [3.63, 3.8) is 0 Å². The van der Waals surface area contributed by atoms with Gasteiger partial charge in [0.1, 0.15) is 24.4 Å². The van der Waals surface area contributed by atoms with Crippen LogP contribution in [0.2, 0.25) is 0 Å². The molecular weight excluding hydrogens is 400 g/mol. The van der Waals surface area contributed by atoms with Gasteiger partial charge < -0.3 is 19.5 Å². The number of ether oxygens (including phenoxy) is 3. The van der Waals surface area contributed by atoms with Crippen LogP contribution < -0.4 is 5.32 Å². The summed E-state index contributed by atoms with van der Waals surface area (Å²) >= 11 is 0. The average molecular weight is 435 g/mol. The molecule has 1 N–H and O–H groups in total. The van der Waals surface area contributed by atoms with E-state index in [0.29, 0.717) is 0 Å². The van der Waals surface area contributed by atoms with Crippen LogP contribution in [0.1, 0.15) is 47.1 Å². The number of nitrogens with one attached hydrogen (secondary N) is 1. The Kier molecular flexibility index (Phi) is 8.44. The molecule has 0 spiro atoms. The second kappa shape index (κ2) is 10.6. The Hall–Kier alpha value is -2.61. The van der Waals surface area contributed by atoms with Crippen LogP contribution in [0.5, 0.6) is 0 Å². The molecule has 0 radical (unpaired) electrons. The van der Waals surface area contributed by atoms with E-state index in [9.17, 15) is 14.4 Å². The minimum atomic E-state index is -0.874. The van der Waals surface area contributed by atoms with Crippen molar-refractivity contribution in [2.45, 2.75) is 71.8 Å². The van der Waals surface area contributed by atoms with E-state index >= 15 is 0 Å². The Bertz CT molecular complexity index is 761. The molecule has 31 heavy (non-hydrogen) atoms. The molecule has 8 nitrogen and oxygen atoms in total. The average Bonchev–Trinajstić information content (AvgIpc) is 2.68. The third-order valence-electron chi connectivity index (χ3n) is 5.12. The first-order chi connectivity index (χ1) is 14.5. The van der Waals surface area contributed by atoms with Gasteiger partial charge in [0.15, 0.2) is 0 Å². The highest BCUT2D eigenvalue weighted by Gasteiger charge is 2.43. The van der Waals surface area contributed by atoms with Gasteiger partial charge in [-0.15, -0.1) is 0 Å². The van der Waals surface area contributed by atoms with Crippen molar-refractivity contribution in [3.05, 3.63) is 35.9 Å². The maximum atomic E-state index is 13.3. The molecule has 1 fully saturated rings. The summed E-state index contributed by atoms with van der Waals surface area (Å²) in [5.74, 6) is -1.26. The molecule has 0 saturated carbocycles. The normalized spacial score (nSPS) is 22.4. The number of carbonyl (C=O) groups excluding carboxylic acids is 3. The fraction of sp³-hybridized carbons (Fsp3) is 0.609. The molecule has 2 amide bonds. The molecule has 1 aromatic carbocycles. The van der Waals surface area contributed by atoms with Crippen LogP contribution >= 0.6 is 0 Å². The summed E-state index contributed by atoms with van der Waals surface area (Å²) in [5.41, 5.74) is 0.170. The SMILES string of the molecule is CCOC(=O)[C@H](Cc1ccccc1)NC(=O)[C@@H]1[C@@H](C)[C@H](C)OCN1C(=O)OC(C)(C)C. The first-order valence-electron chi connectivity index (χ1n) is 10.7. The third kappa shape index (κ3) is 6.95. The van der Waals surface area contributed by atoms with E-state index in [1.54, 1.807) is 27.7 Å². The molecule has 2 rings (SSSR count). The van der Waals surface area contributed by atoms with Gasteiger partial charge in [0, 0.05) is 12.3 Å². The van der Waals surface area contributed by atoms with Gasteiger partial charge in [-0.2, -0.15) is 0 Å². The minimum absolute atomic E-state index is 0.0682. The van der Waals surface area contributed by atoms with Gasteiger partial charge in [-0.25, -0.2) is 9.59 Å². The lowest BCUT2D eigenvalue weighted by Crippen LogP contribution is -2.61. The van der Waals surface area contributed by atoms with Crippen LogP contribution in [-0.4, -0.2) is 60.0 Å². The van der Waals surface area contributed by atoms with Crippen LogP contribution in [0.4, 0.5) is 4.79 Å². The summed E-state index contributed by atoms with van der Waals surface area (Å²) in [6, 6.07) is 7.66. The van der Waals surface area contributed by atoms with Gasteiger partial charge in [-0.05, 0) is 40.2 Å². The minimum Gasteiger partial charge on any atom is -0.464 e. The van der Waals surface area contributed by atoms with Crippen LogP contribution in [-0.2, 0) is 30.2 Å². The summed E-state index contributed by atoms with van der Waals surface area (Å²) in [6.45, 7) is 10.8. The van der Waals surface area contributed by atoms with Gasteiger partial charge in [0.05, 0.1) is 12.7 Å². The monoisotopic (exact) mass is 434 g/mol. The van der Waals surface area contributed by atoms with Crippen molar-refractivity contribution in [2.24, 2.45) is 5.92 Å². The largest absolute Gasteiger partial charge is 0.464 e. The lowest BCUT2D eigenvalue weighted by molar-refractivity contribution is -0.155. The zero-order valence-electron chi connectivity index (χ0n) is 19.2. The lowest BCUT2D eigenvalue weighted by Gasteiger charge is -2.42. The second-order valence-electron chi connectivity index (χ2n) is 8.76. The zero-order chi connectivity index (χ0) is 23.2. The second-order valence-corrected chi connectivity index (χ2v) is 8.76. The van der Waals surface area contributed by atoms with Gasteiger partial charge in [0.25, 0.3) is 0 Å². The molecule has 4 atom stereocenters. The maximum Gasteiger partial charge on any atom is 0.412 e. The van der Waals surface area contributed by atoms with E-state index in [4.69, 9.17) is 14.2 Å². The number of carbonyl (C=O) groups is 3. The fourth-order valence-electron chi connectivity index (χ4n) is 3.38. The molecule has 1 heterocycles. The summed E-state index contributed by atoms with van der Waals surface area (Å²) in [4.78, 5) is 39.9. The predicted molar refractivity (Wildman–Crippen MR) is 115 cm³/mol. The smallest absolute Gasteiger partial charge is 0.412 e. The maximum absolute atomic E-state index is 13.3. The van der Waals surface area contributed by atoms with Gasteiger partial charge in [0.2, 0.25) is 5.91 Å². The van der Waals surface area contributed by atoms with Crippen molar-refractivity contribution >= 4 is 18.0 Å². The van der Waals surface area contributed by atoms with Gasteiger partial charge in [-0.1, -0.05) is 37.3 Å². The van der Waals surface area contributed by atoms with Crippen LogP contribution in [0.25, 0.3) is 0 Å². The van der Waals surface area contributed by atoms with E-state index in [1.807, 2.05) is 44.2 Å². The van der Waals surface area contributed by atoms with Crippen molar-refractivity contribution in [2.75, 3.05) is 13.3 Å². The first kappa shape index (κ1) is 24.7. The van der Waals surface area contributed by atoms with E-state index in [-0.39, 0.29) is 31.8 Å². The number of esters is 1. The summed E-state index contributed by atoms with van der Waals surface area (Å²) in [6.07, 6.45) is -0.600. The quantitative estimate of drug-likeness (QED) is 0.692. The lowest BCUT2D eigenvalue weighted by atomic mass is 9.92. The van der Waals surface area contributed by atoms with Crippen molar-refractivity contribution in [3.8, 4) is 0 Å². The van der Waals surface area contributed by atoms with Crippen LogP contribution in [0, 0.1) is 5.92 Å². The molecule has 1 aliphatic rings. The number of rotatable bonds is 6. The Labute approximate surface area is 184 Å². The molecule has 0 aromatic heterocycles. The van der Waals surface area contributed by atoms with E-state index < -0.39 is 35.7 Å². The molecule has 172 valence electrons. The third-order valence-corrected chi connectivity index (χ3v) is 5.12. The number of hydrogen-bond acceptors (Lipinski definition) is 6. The Morgan fingerprint density at radius 3 is 2.42 bits per heavy atom. The topological polar surface area (TPSA) is 94.2 Å². The highest BCUT2D eigenvalue weighted by Crippen LogP contribution is 2.26. The van der Waals surface area contributed by atoms with E-state index in [0.717, 1.165) is 5.56 Å². The highest BCUT2D eigenvalue weighted by atomic mass is 16.6. The molecule has 1 saturated heterocycles. The number of nitrogens with zero attached hydrogens (tertiary/aromatic N) is 1. The highest BCUT2D eigenvalue weighted by molar-refractivity contribution is 5.90. The first-order valence-corrected chi connectivity index (χ1v) is 10.7. The van der Waals surface area contributed by atoms with Crippen molar-refractivity contribution in [1.82, 2.24) is 10.2 Å². The standard InChI is InChI=1S/C23H34N2O6/c1-7-29-21(27)18(13-17-11-9-8-10-12-17)24-20(26)19-15(2)16(3)30-14-25(19)22(28)31-23(4,5)6/h8-12,15-16,18-19H,7,13-14H2,1-6H3,(H,24,26)/t15-,16-,18-,19-/m0/s1. The summed E-state index contributed by atoms with van der Waals surface area (Å²) in [5, 5.41) is 2.80. The van der Waals surface area contributed by atoms with Crippen molar-refractivity contribution in [1.29, 1.82) is 0 Å². The van der Waals surface area contributed by atoms with Crippen LogP contribution in [0.3, 0.4) is 0 Å². The van der Waals surface area contributed by atoms with Gasteiger partial charge >= 0.3 is 12.1 Å². The van der Waals surface area contributed by atoms with Gasteiger partial charge in [-0.3, -0.25) is 9.69 Å². The Morgan fingerprint density at radius 2 is 1.84 bits per heavy atom. The van der Waals surface area contributed by atoms with Crippen LogP contribution in [0.15, 0.2) is 30.3 Å². The Balaban J connectivity index is 2.24. The number of hydrogen-bond donors (Lipinski definition) is 1. The summed E-state index contributed by atoms with van der Waals surface area (Å²) in [7, 11) is 0. The zero-order valence-corrected chi connectivity index (χ0v) is 19.2. The Morgan fingerprint density at radius 1 is 1.19 bits per heavy atom. The van der Waals surface area contributed by atoms with E-state index in [2.05, 4.69) is 5.32 Å². The molecule has 0 bridgehead atoms. The summed E-state index contributed by atoms with van der Waals surface area (Å²) < 4.78 is 16.3. The molecular formula is C23H34N2O6. The molecule has 1 aliphatic heterocycles. The molecule has 0 unspecified atom stereocenters.